The van der Waals surface area contributed by atoms with Crippen LogP contribution in [0, 0.1) is 0 Å². The molecule has 0 unspecified atom stereocenters. The van der Waals surface area contributed by atoms with Crippen LogP contribution in [0.5, 0.6) is 0 Å². The molecule has 5 rings (SSSR count). The number of nitrogens with one attached hydrogen (secondary N) is 1. The highest BCUT2D eigenvalue weighted by Crippen LogP contribution is 2.25. The van der Waals surface area contributed by atoms with Gasteiger partial charge in [0.1, 0.15) is 0 Å². The summed E-state index contributed by atoms with van der Waals surface area (Å²) >= 11 is 0. The molecule has 6 nitrogen and oxygen atoms in total. The Morgan fingerprint density at radius 2 is 1.86 bits per heavy atom. The average Bonchev–Trinajstić information content (AvgIpc) is 3.11. The van der Waals surface area contributed by atoms with E-state index in [0.29, 0.717) is 5.58 Å². The Balaban J connectivity index is 0.00000205. The maximum absolute atomic E-state index is 11.3. The van der Waals surface area contributed by atoms with Gasteiger partial charge in [0.2, 0.25) is 0 Å². The molecule has 0 radical (unpaired) electrons. The van der Waals surface area contributed by atoms with Gasteiger partial charge in [-0.15, -0.1) is 12.4 Å². The summed E-state index contributed by atoms with van der Waals surface area (Å²) in [5.74, 6) is -0.397. The lowest BCUT2D eigenvalue weighted by molar-refractivity contribution is 0.261. The number of hydrogen-bond donors (Lipinski definition) is 1. The van der Waals surface area contributed by atoms with Crippen LogP contribution in [0.3, 0.4) is 0 Å². The SMILES string of the molecule is Cl.O=c1[nH]c2ccc(CCN3CCN(c4cccc5cccnc45)CC3)cc2o1. The number of fused-ring (bicyclic) bond motifs is 2. The van der Waals surface area contributed by atoms with E-state index in [-0.39, 0.29) is 12.4 Å². The fraction of sp³-hybridized carbons (Fsp3) is 0.273. The summed E-state index contributed by atoms with van der Waals surface area (Å²) in [5.41, 5.74) is 4.89. The number of oxazole rings is 1. The number of H-pyrrole nitrogens is 1. The van der Waals surface area contributed by atoms with Crippen LogP contribution < -0.4 is 10.7 Å². The van der Waals surface area contributed by atoms with Crippen molar-refractivity contribution in [2.75, 3.05) is 37.6 Å². The summed E-state index contributed by atoms with van der Waals surface area (Å²) in [6.45, 7) is 5.07. The molecule has 0 aliphatic carbocycles. The van der Waals surface area contributed by atoms with Crippen LogP contribution in [0.1, 0.15) is 5.56 Å². The maximum Gasteiger partial charge on any atom is 0.417 e. The molecule has 4 aromatic rings. The lowest BCUT2D eigenvalue weighted by Crippen LogP contribution is -2.47. The van der Waals surface area contributed by atoms with Crippen molar-refractivity contribution in [3.05, 3.63) is 70.8 Å². The van der Waals surface area contributed by atoms with E-state index in [1.165, 1.54) is 16.6 Å². The second kappa shape index (κ2) is 8.27. The Kier molecular flexibility index (Phi) is 5.56. The molecule has 2 aromatic heterocycles. The Bertz CT molecular complexity index is 1170. The van der Waals surface area contributed by atoms with Crippen LogP contribution in [-0.4, -0.2) is 47.6 Å². The number of hydrogen-bond acceptors (Lipinski definition) is 5. The Morgan fingerprint density at radius 3 is 2.72 bits per heavy atom. The van der Waals surface area contributed by atoms with Gasteiger partial charge in [-0.05, 0) is 36.2 Å². The maximum atomic E-state index is 11.3. The van der Waals surface area contributed by atoms with E-state index >= 15 is 0 Å². The van der Waals surface area contributed by atoms with Crippen LogP contribution in [-0.2, 0) is 6.42 Å². The van der Waals surface area contributed by atoms with Crippen LogP contribution in [0.25, 0.3) is 22.0 Å². The van der Waals surface area contributed by atoms with Crippen molar-refractivity contribution in [1.29, 1.82) is 0 Å². The van der Waals surface area contributed by atoms with Crippen LogP contribution in [0.2, 0.25) is 0 Å². The Morgan fingerprint density at radius 1 is 1.03 bits per heavy atom. The van der Waals surface area contributed by atoms with Gasteiger partial charge >= 0.3 is 5.76 Å². The summed E-state index contributed by atoms with van der Waals surface area (Å²) in [6, 6.07) is 16.4. The minimum absolute atomic E-state index is 0. The third-order valence-corrected chi connectivity index (χ3v) is 5.53. The van der Waals surface area contributed by atoms with Gasteiger partial charge in [-0.1, -0.05) is 24.3 Å². The third-order valence-electron chi connectivity index (χ3n) is 5.53. The molecule has 1 aliphatic heterocycles. The first-order valence-electron chi connectivity index (χ1n) is 9.69. The largest absolute Gasteiger partial charge is 0.417 e. The average molecular weight is 411 g/mol. The zero-order valence-electron chi connectivity index (χ0n) is 16.0. The molecule has 1 aliphatic rings. The highest BCUT2D eigenvalue weighted by atomic mass is 35.5. The molecular formula is C22H23ClN4O2. The molecular weight excluding hydrogens is 388 g/mol. The lowest BCUT2D eigenvalue weighted by Gasteiger charge is -2.36. The van der Waals surface area contributed by atoms with Gasteiger partial charge in [-0.25, -0.2) is 4.79 Å². The van der Waals surface area contributed by atoms with Crippen LogP contribution >= 0.6 is 12.4 Å². The second-order valence-electron chi connectivity index (χ2n) is 7.28. The number of pyridine rings is 1. The van der Waals surface area contributed by atoms with Crippen molar-refractivity contribution in [3.8, 4) is 0 Å². The van der Waals surface area contributed by atoms with E-state index in [1.807, 2.05) is 24.4 Å². The summed E-state index contributed by atoms with van der Waals surface area (Å²) < 4.78 is 5.16. The van der Waals surface area contributed by atoms with E-state index in [4.69, 9.17) is 4.42 Å². The number of piperazine rings is 1. The van der Waals surface area contributed by atoms with Crippen molar-refractivity contribution in [1.82, 2.24) is 14.9 Å². The fourth-order valence-electron chi connectivity index (χ4n) is 3.99. The van der Waals surface area contributed by atoms with E-state index in [1.54, 1.807) is 0 Å². The highest BCUT2D eigenvalue weighted by molar-refractivity contribution is 5.90. The molecule has 1 fully saturated rings. The van der Waals surface area contributed by atoms with Gasteiger partial charge in [0.25, 0.3) is 0 Å². The number of nitrogens with zero attached hydrogens (tertiary/aromatic N) is 3. The summed E-state index contributed by atoms with van der Waals surface area (Å²) in [7, 11) is 0. The summed E-state index contributed by atoms with van der Waals surface area (Å²) in [4.78, 5) is 23.5. The molecule has 3 heterocycles. The second-order valence-corrected chi connectivity index (χ2v) is 7.28. The van der Waals surface area contributed by atoms with Crippen molar-refractivity contribution in [2.45, 2.75) is 6.42 Å². The first-order valence-corrected chi connectivity index (χ1v) is 9.69. The Labute approximate surface area is 174 Å². The van der Waals surface area contributed by atoms with Gasteiger partial charge in [0.05, 0.1) is 16.7 Å². The van der Waals surface area contributed by atoms with Gasteiger partial charge in [-0.2, -0.15) is 0 Å². The topological polar surface area (TPSA) is 65.4 Å². The predicted octanol–water partition coefficient (Wildman–Crippen LogP) is 3.46. The van der Waals surface area contributed by atoms with E-state index in [9.17, 15) is 4.79 Å². The third kappa shape index (κ3) is 3.99. The molecule has 150 valence electrons. The molecule has 7 heteroatoms. The molecule has 29 heavy (non-hydrogen) atoms. The zero-order chi connectivity index (χ0) is 18.9. The smallest absolute Gasteiger partial charge is 0.408 e. The minimum Gasteiger partial charge on any atom is -0.408 e. The molecule has 1 N–H and O–H groups in total. The molecule has 2 aromatic carbocycles. The number of aromatic amines is 1. The molecule has 0 atom stereocenters. The first-order chi connectivity index (χ1) is 13.8. The van der Waals surface area contributed by atoms with Crippen LogP contribution in [0.15, 0.2) is 63.9 Å². The molecule has 0 spiro atoms. The normalized spacial score (nSPS) is 15.0. The molecule has 0 bridgehead atoms. The summed E-state index contributed by atoms with van der Waals surface area (Å²) in [6.07, 6.45) is 2.81. The highest BCUT2D eigenvalue weighted by Gasteiger charge is 2.19. The van der Waals surface area contributed by atoms with Crippen molar-refractivity contribution >= 4 is 40.1 Å². The van der Waals surface area contributed by atoms with Crippen molar-refractivity contribution < 1.29 is 4.42 Å². The van der Waals surface area contributed by atoms with E-state index in [0.717, 1.165) is 50.2 Å². The zero-order valence-corrected chi connectivity index (χ0v) is 16.8. The number of aromatic nitrogens is 2. The first kappa shape index (κ1) is 19.5. The fourth-order valence-corrected chi connectivity index (χ4v) is 3.99. The number of halogens is 1. The minimum atomic E-state index is -0.397. The lowest BCUT2D eigenvalue weighted by atomic mass is 10.1. The van der Waals surface area contributed by atoms with Gasteiger partial charge in [0.15, 0.2) is 5.58 Å². The predicted molar refractivity (Wildman–Crippen MR) is 118 cm³/mol. The molecule has 1 saturated heterocycles. The number of benzene rings is 2. The summed E-state index contributed by atoms with van der Waals surface area (Å²) in [5, 5.41) is 1.19. The molecule has 0 amide bonds. The van der Waals surface area contributed by atoms with E-state index < -0.39 is 5.76 Å². The van der Waals surface area contributed by atoms with Gasteiger partial charge < -0.3 is 9.32 Å². The van der Waals surface area contributed by atoms with Crippen molar-refractivity contribution in [3.63, 3.8) is 0 Å². The van der Waals surface area contributed by atoms with Gasteiger partial charge in [-0.3, -0.25) is 14.9 Å². The van der Waals surface area contributed by atoms with Crippen molar-refractivity contribution in [2.24, 2.45) is 0 Å². The number of para-hydroxylation sites is 1. The standard InChI is InChI=1S/C22H22N4O2.ClH/c27-22-24-18-7-6-16(15-20(18)28-22)8-10-25-11-13-26(14-12-25)19-5-1-3-17-4-2-9-23-21(17)19;/h1-7,9,15H,8,10-14H2,(H,24,27);1H. The number of anilines is 1. The van der Waals surface area contributed by atoms with Gasteiger partial charge in [0, 0.05) is 44.3 Å². The molecule has 0 saturated carbocycles. The van der Waals surface area contributed by atoms with Crippen LogP contribution in [0.4, 0.5) is 5.69 Å². The van der Waals surface area contributed by atoms with E-state index in [2.05, 4.69) is 50.1 Å². The Hall–Kier alpha value is -2.83. The quantitative estimate of drug-likeness (QED) is 0.558. The monoisotopic (exact) mass is 410 g/mol. The number of rotatable bonds is 4.